The second-order valence-corrected chi connectivity index (χ2v) is 10.4. The molecule has 0 atom stereocenters. The molecule has 1 rings (SSSR count). The minimum absolute atomic E-state index is 0.0155. The Labute approximate surface area is 144 Å². The zero-order valence-corrected chi connectivity index (χ0v) is 16.9. The predicted octanol–water partition coefficient (Wildman–Crippen LogP) is 4.29. The minimum atomic E-state index is -3.67. The van der Waals surface area contributed by atoms with Crippen molar-refractivity contribution in [3.8, 4) is 0 Å². The largest absolute Gasteiger partial charge is 0.399 e. The van der Waals surface area contributed by atoms with Crippen LogP contribution in [-0.4, -0.2) is 14.0 Å². The summed E-state index contributed by atoms with van der Waals surface area (Å²) in [5.74, 6) is 0. The molecule has 0 aliphatic carbocycles. The average Bonchev–Trinajstić information content (AvgIpc) is 2.06. The first kappa shape index (κ1) is 18.9. The van der Waals surface area contributed by atoms with Gasteiger partial charge >= 0.3 is 0 Å². The lowest BCUT2D eigenvalue weighted by atomic mass is 9.82. The van der Waals surface area contributed by atoms with Crippen LogP contribution in [0, 0.1) is 5.41 Å². The molecular weight excluding hydrogens is 420 g/mol. The Morgan fingerprint density at radius 2 is 1.52 bits per heavy atom. The standard InChI is InChI=1S/C14H22Br2N2O2S/c1-13(2,3)8-14(4,5)18-21(19,20)12-10(15)6-9(17)7-11(12)16/h6-7,18H,8,17H2,1-5H3. The summed E-state index contributed by atoms with van der Waals surface area (Å²) in [5.41, 5.74) is 5.65. The van der Waals surface area contributed by atoms with Gasteiger partial charge in [0.15, 0.2) is 0 Å². The van der Waals surface area contributed by atoms with E-state index >= 15 is 0 Å². The zero-order valence-electron chi connectivity index (χ0n) is 12.9. The van der Waals surface area contributed by atoms with Crippen LogP contribution in [0.15, 0.2) is 26.0 Å². The van der Waals surface area contributed by atoms with Gasteiger partial charge in [-0.1, -0.05) is 20.8 Å². The minimum Gasteiger partial charge on any atom is -0.399 e. The van der Waals surface area contributed by atoms with Crippen molar-refractivity contribution in [1.29, 1.82) is 0 Å². The quantitative estimate of drug-likeness (QED) is 0.684. The molecule has 0 saturated carbocycles. The van der Waals surface area contributed by atoms with Crippen molar-refractivity contribution in [3.05, 3.63) is 21.1 Å². The number of rotatable bonds is 4. The number of halogens is 2. The molecule has 120 valence electrons. The fourth-order valence-corrected chi connectivity index (χ4v) is 6.65. The highest BCUT2D eigenvalue weighted by atomic mass is 79.9. The van der Waals surface area contributed by atoms with Gasteiger partial charge in [0, 0.05) is 20.2 Å². The first-order chi connectivity index (χ1) is 9.23. The molecule has 0 heterocycles. The molecule has 0 radical (unpaired) electrons. The summed E-state index contributed by atoms with van der Waals surface area (Å²) >= 11 is 6.55. The molecule has 0 saturated heterocycles. The van der Waals surface area contributed by atoms with E-state index in [4.69, 9.17) is 5.73 Å². The van der Waals surface area contributed by atoms with Gasteiger partial charge < -0.3 is 5.73 Å². The van der Waals surface area contributed by atoms with Crippen molar-refractivity contribution in [2.24, 2.45) is 5.41 Å². The summed E-state index contributed by atoms with van der Waals surface area (Å²) in [6, 6.07) is 3.16. The van der Waals surface area contributed by atoms with Crippen LogP contribution in [0.4, 0.5) is 5.69 Å². The molecule has 1 aromatic carbocycles. The molecular formula is C14H22Br2N2O2S. The lowest BCUT2D eigenvalue weighted by molar-refractivity contribution is 0.269. The highest BCUT2D eigenvalue weighted by Crippen LogP contribution is 2.34. The molecule has 0 aliphatic rings. The smallest absolute Gasteiger partial charge is 0.243 e. The molecule has 0 amide bonds. The molecule has 3 N–H and O–H groups in total. The van der Waals surface area contributed by atoms with Crippen LogP contribution in [0.5, 0.6) is 0 Å². The maximum Gasteiger partial charge on any atom is 0.243 e. The molecule has 0 spiro atoms. The van der Waals surface area contributed by atoms with E-state index in [1.165, 1.54) is 0 Å². The number of nitrogen functional groups attached to an aromatic ring is 1. The maximum absolute atomic E-state index is 12.7. The van der Waals surface area contributed by atoms with Crippen LogP contribution in [0.25, 0.3) is 0 Å². The fourth-order valence-electron chi connectivity index (χ4n) is 2.61. The highest BCUT2D eigenvalue weighted by Gasteiger charge is 2.32. The first-order valence-corrected chi connectivity index (χ1v) is 9.59. The summed E-state index contributed by atoms with van der Waals surface area (Å²) in [6.45, 7) is 10.0. The molecule has 0 aromatic heterocycles. The van der Waals surface area contributed by atoms with Gasteiger partial charge in [0.2, 0.25) is 10.0 Å². The van der Waals surface area contributed by atoms with Crippen molar-refractivity contribution >= 4 is 47.6 Å². The number of nitrogens with two attached hydrogens (primary N) is 1. The van der Waals surface area contributed by atoms with Gasteiger partial charge in [-0.15, -0.1) is 0 Å². The zero-order chi connectivity index (χ0) is 16.6. The molecule has 0 aliphatic heterocycles. The topological polar surface area (TPSA) is 72.2 Å². The van der Waals surface area contributed by atoms with Crippen molar-refractivity contribution in [2.45, 2.75) is 51.5 Å². The van der Waals surface area contributed by atoms with Gasteiger partial charge in [-0.25, -0.2) is 13.1 Å². The molecule has 1 aromatic rings. The molecule has 21 heavy (non-hydrogen) atoms. The van der Waals surface area contributed by atoms with Gasteiger partial charge in [0.05, 0.1) is 0 Å². The van der Waals surface area contributed by atoms with Gasteiger partial charge in [-0.05, 0) is 69.7 Å². The fraction of sp³-hybridized carbons (Fsp3) is 0.571. The van der Waals surface area contributed by atoms with Gasteiger partial charge in [0.25, 0.3) is 0 Å². The third kappa shape index (κ3) is 5.54. The normalized spacial score (nSPS) is 13.5. The summed E-state index contributed by atoms with van der Waals surface area (Å²) in [7, 11) is -3.67. The SMILES string of the molecule is CC(C)(C)CC(C)(C)NS(=O)(=O)c1c(Br)cc(N)cc1Br. The monoisotopic (exact) mass is 440 g/mol. The molecule has 0 bridgehead atoms. The Kier molecular flexibility index (Phi) is 5.57. The molecule has 4 nitrogen and oxygen atoms in total. The van der Waals surface area contributed by atoms with E-state index in [0.717, 1.165) is 0 Å². The summed E-state index contributed by atoms with van der Waals surface area (Å²) in [5, 5.41) is 0. The van der Waals surface area contributed by atoms with Crippen molar-refractivity contribution in [2.75, 3.05) is 5.73 Å². The Morgan fingerprint density at radius 3 is 1.90 bits per heavy atom. The third-order valence-electron chi connectivity index (χ3n) is 2.67. The van der Waals surface area contributed by atoms with E-state index in [0.29, 0.717) is 21.1 Å². The van der Waals surface area contributed by atoms with E-state index < -0.39 is 15.6 Å². The highest BCUT2D eigenvalue weighted by molar-refractivity contribution is 9.11. The molecule has 0 fully saturated rings. The lowest BCUT2D eigenvalue weighted by Gasteiger charge is -2.33. The second-order valence-electron chi connectivity index (χ2n) is 7.04. The van der Waals surface area contributed by atoms with E-state index in [1.807, 2.05) is 13.8 Å². The number of hydrogen-bond donors (Lipinski definition) is 2. The average molecular weight is 442 g/mol. The number of nitrogens with one attached hydrogen (secondary N) is 1. The summed E-state index contributed by atoms with van der Waals surface area (Å²) < 4.78 is 29.0. The Bertz CT molecular complexity index is 612. The van der Waals surface area contributed by atoms with Crippen LogP contribution in [-0.2, 0) is 10.0 Å². The van der Waals surface area contributed by atoms with Crippen LogP contribution < -0.4 is 10.5 Å². The third-order valence-corrected chi connectivity index (χ3v) is 6.25. The first-order valence-electron chi connectivity index (χ1n) is 6.52. The van der Waals surface area contributed by atoms with Crippen LogP contribution >= 0.6 is 31.9 Å². The maximum atomic E-state index is 12.7. The number of hydrogen-bond acceptors (Lipinski definition) is 3. The van der Waals surface area contributed by atoms with Crippen molar-refractivity contribution in [3.63, 3.8) is 0 Å². The Balaban J connectivity index is 3.19. The van der Waals surface area contributed by atoms with Crippen LogP contribution in [0.3, 0.4) is 0 Å². The van der Waals surface area contributed by atoms with E-state index in [-0.39, 0.29) is 10.3 Å². The Hall–Kier alpha value is -0.110. The Morgan fingerprint density at radius 1 is 1.10 bits per heavy atom. The number of benzene rings is 1. The van der Waals surface area contributed by atoms with Crippen molar-refractivity contribution < 1.29 is 8.42 Å². The predicted molar refractivity (Wildman–Crippen MR) is 94.7 cm³/mol. The molecule has 0 unspecified atom stereocenters. The van der Waals surface area contributed by atoms with Gasteiger partial charge in [-0.2, -0.15) is 0 Å². The van der Waals surface area contributed by atoms with Crippen LogP contribution in [0.1, 0.15) is 41.0 Å². The second kappa shape index (κ2) is 6.18. The summed E-state index contributed by atoms with van der Waals surface area (Å²) in [6.07, 6.45) is 0.712. The summed E-state index contributed by atoms with van der Waals surface area (Å²) in [4.78, 5) is 0.165. The van der Waals surface area contributed by atoms with E-state index in [2.05, 4.69) is 57.4 Å². The van der Waals surface area contributed by atoms with Crippen molar-refractivity contribution in [1.82, 2.24) is 4.72 Å². The van der Waals surface area contributed by atoms with Crippen LogP contribution in [0.2, 0.25) is 0 Å². The van der Waals surface area contributed by atoms with E-state index in [9.17, 15) is 8.42 Å². The number of sulfonamides is 1. The number of anilines is 1. The van der Waals surface area contributed by atoms with E-state index in [1.54, 1.807) is 12.1 Å². The molecule has 7 heteroatoms. The lowest BCUT2D eigenvalue weighted by Crippen LogP contribution is -2.45. The van der Waals surface area contributed by atoms with Gasteiger partial charge in [-0.3, -0.25) is 0 Å². The van der Waals surface area contributed by atoms with Gasteiger partial charge in [0.1, 0.15) is 4.90 Å².